The van der Waals surface area contributed by atoms with E-state index in [9.17, 15) is 8.78 Å². The number of nitrogens with zero attached hydrogens (tertiary/aromatic N) is 2. The van der Waals surface area contributed by atoms with Gasteiger partial charge in [-0.05, 0) is 38.1 Å². The number of halogens is 2. The zero-order valence-corrected chi connectivity index (χ0v) is 10.2. The van der Waals surface area contributed by atoms with Gasteiger partial charge in [0.1, 0.15) is 0 Å². The monoisotopic (exact) mass is 265 g/mol. The Bertz CT molecular complexity index is 579. The van der Waals surface area contributed by atoms with E-state index in [1.54, 1.807) is 0 Å². The summed E-state index contributed by atoms with van der Waals surface area (Å²) in [6.45, 7) is 1.81. The van der Waals surface area contributed by atoms with Gasteiger partial charge in [-0.3, -0.25) is 0 Å². The average Bonchev–Trinajstić information content (AvgIpc) is 2.92. The van der Waals surface area contributed by atoms with Gasteiger partial charge in [0, 0.05) is 5.92 Å². The molecule has 0 spiro atoms. The van der Waals surface area contributed by atoms with Gasteiger partial charge in [-0.2, -0.15) is 4.98 Å². The fraction of sp³-hybridized carbons (Fsp3) is 0.385. The molecule has 1 aliphatic heterocycles. The van der Waals surface area contributed by atoms with Crippen molar-refractivity contribution in [3.8, 4) is 11.5 Å². The van der Waals surface area contributed by atoms with E-state index in [1.165, 1.54) is 12.1 Å². The average molecular weight is 265 g/mol. The molecule has 6 heteroatoms. The summed E-state index contributed by atoms with van der Waals surface area (Å²) < 4.78 is 31.8. The number of nitrogens with one attached hydrogen (secondary N) is 1. The summed E-state index contributed by atoms with van der Waals surface area (Å²) in [7, 11) is 0. The van der Waals surface area contributed by atoms with E-state index in [2.05, 4.69) is 15.5 Å². The predicted octanol–water partition coefficient (Wildman–Crippen LogP) is 2.48. The first-order chi connectivity index (χ1) is 9.25. The van der Waals surface area contributed by atoms with Crippen LogP contribution in [0.3, 0.4) is 0 Å². The highest BCUT2D eigenvalue weighted by atomic mass is 19.2. The lowest BCUT2D eigenvalue weighted by atomic mass is 9.98. The second-order valence-electron chi connectivity index (χ2n) is 4.58. The summed E-state index contributed by atoms with van der Waals surface area (Å²) in [5, 5.41) is 7.13. The van der Waals surface area contributed by atoms with E-state index < -0.39 is 11.6 Å². The SMILES string of the molecule is Fc1cccc(-c2nc(C3CCNCC3)no2)c1F. The zero-order chi connectivity index (χ0) is 13.2. The first-order valence-electron chi connectivity index (χ1n) is 6.24. The lowest BCUT2D eigenvalue weighted by molar-refractivity contribution is 0.390. The van der Waals surface area contributed by atoms with E-state index in [0.717, 1.165) is 32.0 Å². The molecule has 100 valence electrons. The third kappa shape index (κ3) is 2.35. The van der Waals surface area contributed by atoms with Crippen LogP contribution in [0.5, 0.6) is 0 Å². The van der Waals surface area contributed by atoms with Crippen molar-refractivity contribution < 1.29 is 13.3 Å². The number of hydrogen-bond acceptors (Lipinski definition) is 4. The fourth-order valence-corrected chi connectivity index (χ4v) is 2.26. The fourth-order valence-electron chi connectivity index (χ4n) is 2.26. The molecule has 1 N–H and O–H groups in total. The van der Waals surface area contributed by atoms with Crippen molar-refractivity contribution in [2.75, 3.05) is 13.1 Å². The molecule has 1 fully saturated rings. The molecule has 2 aromatic rings. The smallest absolute Gasteiger partial charge is 0.261 e. The van der Waals surface area contributed by atoms with Gasteiger partial charge in [-0.25, -0.2) is 8.78 Å². The Balaban J connectivity index is 1.90. The third-order valence-corrected chi connectivity index (χ3v) is 3.33. The van der Waals surface area contributed by atoms with E-state index in [4.69, 9.17) is 4.52 Å². The van der Waals surface area contributed by atoms with Gasteiger partial charge in [0.15, 0.2) is 17.5 Å². The summed E-state index contributed by atoms with van der Waals surface area (Å²) in [6, 6.07) is 3.91. The van der Waals surface area contributed by atoms with Crippen LogP contribution in [0.2, 0.25) is 0 Å². The normalized spacial score (nSPS) is 16.7. The van der Waals surface area contributed by atoms with Crippen molar-refractivity contribution in [3.63, 3.8) is 0 Å². The molecule has 0 saturated carbocycles. The summed E-state index contributed by atoms with van der Waals surface area (Å²) in [6.07, 6.45) is 1.84. The molecule has 3 rings (SSSR count). The first kappa shape index (κ1) is 12.2. The Hall–Kier alpha value is -1.82. The van der Waals surface area contributed by atoms with Gasteiger partial charge in [0.2, 0.25) is 0 Å². The van der Waals surface area contributed by atoms with Gasteiger partial charge in [0.05, 0.1) is 5.56 Å². The van der Waals surface area contributed by atoms with Crippen molar-refractivity contribution in [3.05, 3.63) is 35.7 Å². The summed E-state index contributed by atoms with van der Waals surface area (Å²) in [5.41, 5.74) is 0.00712. The largest absolute Gasteiger partial charge is 0.334 e. The van der Waals surface area contributed by atoms with Crippen LogP contribution in [-0.4, -0.2) is 23.2 Å². The van der Waals surface area contributed by atoms with Crippen molar-refractivity contribution in [2.24, 2.45) is 0 Å². The Morgan fingerprint density at radius 1 is 1.21 bits per heavy atom. The van der Waals surface area contributed by atoms with Crippen molar-refractivity contribution in [1.82, 2.24) is 15.5 Å². The molecule has 1 aromatic carbocycles. The van der Waals surface area contributed by atoms with Gasteiger partial charge in [-0.1, -0.05) is 11.2 Å². The molecule has 1 saturated heterocycles. The molecule has 0 bridgehead atoms. The topological polar surface area (TPSA) is 51.0 Å². The lowest BCUT2D eigenvalue weighted by Gasteiger charge is -2.18. The maximum atomic E-state index is 13.6. The van der Waals surface area contributed by atoms with Crippen LogP contribution in [0.25, 0.3) is 11.5 Å². The molecule has 0 amide bonds. The van der Waals surface area contributed by atoms with Crippen molar-refractivity contribution >= 4 is 0 Å². The molecule has 1 aliphatic rings. The summed E-state index contributed by atoms with van der Waals surface area (Å²) in [5.74, 6) is -1.05. The van der Waals surface area contributed by atoms with Crippen molar-refractivity contribution in [1.29, 1.82) is 0 Å². The molecule has 0 unspecified atom stereocenters. The maximum Gasteiger partial charge on any atom is 0.261 e. The van der Waals surface area contributed by atoms with Gasteiger partial charge < -0.3 is 9.84 Å². The first-order valence-corrected chi connectivity index (χ1v) is 6.24. The highest BCUT2D eigenvalue weighted by Gasteiger charge is 2.22. The van der Waals surface area contributed by atoms with Gasteiger partial charge >= 0.3 is 0 Å². The molecule has 0 aliphatic carbocycles. The number of rotatable bonds is 2. The Morgan fingerprint density at radius 3 is 2.79 bits per heavy atom. The van der Waals surface area contributed by atoms with Crippen LogP contribution < -0.4 is 5.32 Å². The third-order valence-electron chi connectivity index (χ3n) is 3.33. The minimum Gasteiger partial charge on any atom is -0.334 e. The van der Waals surface area contributed by atoms with E-state index >= 15 is 0 Å². The van der Waals surface area contributed by atoms with Gasteiger partial charge in [-0.15, -0.1) is 0 Å². The summed E-state index contributed by atoms with van der Waals surface area (Å²) in [4.78, 5) is 4.19. The Labute approximate surface area is 108 Å². The molecule has 2 heterocycles. The predicted molar refractivity (Wildman–Crippen MR) is 64.5 cm³/mol. The second-order valence-corrected chi connectivity index (χ2v) is 4.58. The Kier molecular flexibility index (Phi) is 3.25. The second kappa shape index (κ2) is 5.05. The van der Waals surface area contributed by atoms with Crippen LogP contribution in [-0.2, 0) is 0 Å². The number of benzene rings is 1. The molecular formula is C13H13F2N3O. The lowest BCUT2D eigenvalue weighted by Crippen LogP contribution is -2.27. The number of aromatic nitrogens is 2. The molecule has 0 radical (unpaired) electrons. The number of hydrogen-bond donors (Lipinski definition) is 1. The highest BCUT2D eigenvalue weighted by Crippen LogP contribution is 2.27. The van der Waals surface area contributed by atoms with E-state index in [0.29, 0.717) is 5.82 Å². The number of piperidine rings is 1. The minimum absolute atomic E-state index is 0.00712. The minimum atomic E-state index is -0.956. The summed E-state index contributed by atoms with van der Waals surface area (Å²) >= 11 is 0. The zero-order valence-electron chi connectivity index (χ0n) is 10.2. The van der Waals surface area contributed by atoms with E-state index in [-0.39, 0.29) is 17.4 Å². The maximum absolute atomic E-state index is 13.6. The Morgan fingerprint density at radius 2 is 2.00 bits per heavy atom. The molecule has 1 aromatic heterocycles. The molecular weight excluding hydrogens is 252 g/mol. The molecule has 4 nitrogen and oxygen atoms in total. The van der Waals surface area contributed by atoms with Crippen LogP contribution in [0.15, 0.2) is 22.7 Å². The van der Waals surface area contributed by atoms with Crippen LogP contribution in [0.4, 0.5) is 8.78 Å². The molecule has 19 heavy (non-hydrogen) atoms. The van der Waals surface area contributed by atoms with Crippen LogP contribution >= 0.6 is 0 Å². The highest BCUT2D eigenvalue weighted by molar-refractivity contribution is 5.53. The van der Waals surface area contributed by atoms with Gasteiger partial charge in [0.25, 0.3) is 5.89 Å². The quantitative estimate of drug-likeness (QED) is 0.906. The van der Waals surface area contributed by atoms with Crippen LogP contribution in [0.1, 0.15) is 24.6 Å². The van der Waals surface area contributed by atoms with Crippen LogP contribution in [0, 0.1) is 11.6 Å². The molecule has 0 atom stereocenters. The standard InChI is InChI=1S/C13H13F2N3O/c14-10-3-1-2-9(11(10)15)13-17-12(18-19-13)8-4-6-16-7-5-8/h1-3,8,16H,4-7H2. The van der Waals surface area contributed by atoms with Crippen molar-refractivity contribution in [2.45, 2.75) is 18.8 Å². The van der Waals surface area contributed by atoms with E-state index in [1.807, 2.05) is 0 Å².